The third kappa shape index (κ3) is 9.30. The molecule has 0 fully saturated rings. The van der Waals surface area contributed by atoms with Crippen molar-refractivity contribution in [3.8, 4) is 0 Å². The molecule has 0 saturated carbocycles. The first-order valence-corrected chi connectivity index (χ1v) is 4.78. The van der Waals surface area contributed by atoms with E-state index in [-0.39, 0.29) is 12.6 Å². The van der Waals surface area contributed by atoms with Crippen molar-refractivity contribution in [1.82, 2.24) is 5.32 Å². The highest BCUT2D eigenvalue weighted by molar-refractivity contribution is 5.69. The van der Waals surface area contributed by atoms with E-state index in [1.165, 1.54) is 0 Å². The molecule has 0 bridgehead atoms. The van der Waals surface area contributed by atoms with E-state index >= 15 is 0 Å². The molecule has 0 aliphatic rings. The van der Waals surface area contributed by atoms with Crippen LogP contribution in [0.3, 0.4) is 0 Å². The molecule has 0 spiro atoms. The topological polar surface area (TPSA) is 58.6 Å². The van der Waals surface area contributed by atoms with Gasteiger partial charge in [-0.1, -0.05) is 13.3 Å². The Balaban J connectivity index is 3.11. The van der Waals surface area contributed by atoms with Crippen molar-refractivity contribution < 1.29 is 14.6 Å². The second-order valence-corrected chi connectivity index (χ2v) is 2.80. The highest BCUT2D eigenvalue weighted by Crippen LogP contribution is 1.90. The predicted molar refractivity (Wildman–Crippen MR) is 50.4 cm³/mol. The van der Waals surface area contributed by atoms with E-state index in [4.69, 9.17) is 9.84 Å². The van der Waals surface area contributed by atoms with Crippen molar-refractivity contribution in [2.75, 3.05) is 26.3 Å². The highest BCUT2D eigenvalue weighted by Gasteiger charge is 2.00. The lowest BCUT2D eigenvalue weighted by Crippen LogP contribution is -2.22. The quantitative estimate of drug-likeness (QED) is 0.426. The maximum Gasteiger partial charge on any atom is 0.307 e. The van der Waals surface area contributed by atoms with Gasteiger partial charge in [0.2, 0.25) is 0 Å². The van der Waals surface area contributed by atoms with Crippen molar-refractivity contribution in [2.24, 2.45) is 0 Å². The average molecular weight is 189 g/mol. The van der Waals surface area contributed by atoms with Gasteiger partial charge in [0.15, 0.2) is 0 Å². The van der Waals surface area contributed by atoms with Gasteiger partial charge in [0.25, 0.3) is 0 Å². The minimum atomic E-state index is -0.168. The number of unbranched alkanes of at least 4 members (excludes halogenated alkanes) is 1. The third-order valence-corrected chi connectivity index (χ3v) is 1.56. The molecule has 0 aromatic heterocycles. The van der Waals surface area contributed by atoms with Crippen LogP contribution in [0.15, 0.2) is 0 Å². The molecule has 0 unspecified atom stereocenters. The zero-order valence-electron chi connectivity index (χ0n) is 8.21. The Kier molecular flexibility index (Phi) is 9.03. The molecule has 0 amide bonds. The summed E-state index contributed by atoms with van der Waals surface area (Å²) in [5.74, 6) is -0.168. The minimum absolute atomic E-state index is 0.102. The largest absolute Gasteiger partial charge is 0.466 e. The van der Waals surface area contributed by atoms with Crippen LogP contribution in [0, 0.1) is 0 Å². The Hall–Kier alpha value is -0.610. The first-order chi connectivity index (χ1) is 6.31. The zero-order chi connectivity index (χ0) is 9.94. The molecule has 0 radical (unpaired) electrons. The smallest absolute Gasteiger partial charge is 0.307 e. The van der Waals surface area contributed by atoms with Crippen LogP contribution in [-0.2, 0) is 9.53 Å². The predicted octanol–water partition coefficient (Wildman–Crippen LogP) is 0.302. The summed E-state index contributed by atoms with van der Waals surface area (Å²) in [6.07, 6.45) is 2.34. The van der Waals surface area contributed by atoms with E-state index < -0.39 is 0 Å². The summed E-state index contributed by atoms with van der Waals surface area (Å²) in [7, 11) is 0. The van der Waals surface area contributed by atoms with Gasteiger partial charge in [0.05, 0.1) is 19.6 Å². The molecule has 0 aliphatic carbocycles. The standard InChI is InChI=1S/C9H19NO3/c1-2-3-8-13-9(12)4-5-10-6-7-11/h10-11H,2-8H2,1H3. The van der Waals surface area contributed by atoms with E-state index in [1.54, 1.807) is 0 Å². The number of carbonyl (C=O) groups is 1. The molecule has 0 rings (SSSR count). The van der Waals surface area contributed by atoms with Gasteiger partial charge in [-0.25, -0.2) is 0 Å². The molecule has 4 nitrogen and oxygen atoms in total. The molecule has 0 aliphatic heterocycles. The van der Waals surface area contributed by atoms with Crippen LogP contribution in [0.5, 0.6) is 0 Å². The highest BCUT2D eigenvalue weighted by atomic mass is 16.5. The zero-order valence-corrected chi connectivity index (χ0v) is 8.21. The summed E-state index contributed by atoms with van der Waals surface area (Å²) in [4.78, 5) is 11.0. The van der Waals surface area contributed by atoms with Gasteiger partial charge in [0.1, 0.15) is 0 Å². The van der Waals surface area contributed by atoms with Gasteiger partial charge in [-0.3, -0.25) is 4.79 Å². The lowest BCUT2D eigenvalue weighted by molar-refractivity contribution is -0.143. The van der Waals surface area contributed by atoms with Crippen molar-refractivity contribution in [3.05, 3.63) is 0 Å². The number of esters is 1. The van der Waals surface area contributed by atoms with Crippen LogP contribution in [0.1, 0.15) is 26.2 Å². The van der Waals surface area contributed by atoms with Crippen molar-refractivity contribution >= 4 is 5.97 Å². The van der Waals surface area contributed by atoms with E-state index in [9.17, 15) is 4.79 Å². The summed E-state index contributed by atoms with van der Waals surface area (Å²) in [5.41, 5.74) is 0. The molecular formula is C9H19NO3. The summed E-state index contributed by atoms with van der Waals surface area (Å²) in [5, 5.41) is 11.3. The van der Waals surface area contributed by atoms with Crippen molar-refractivity contribution in [3.63, 3.8) is 0 Å². The number of nitrogens with one attached hydrogen (secondary N) is 1. The summed E-state index contributed by atoms with van der Waals surface area (Å²) in [6, 6.07) is 0. The van der Waals surface area contributed by atoms with Crippen LogP contribution < -0.4 is 5.32 Å². The maximum absolute atomic E-state index is 11.0. The molecule has 13 heavy (non-hydrogen) atoms. The fourth-order valence-corrected chi connectivity index (χ4v) is 0.797. The fraction of sp³-hybridized carbons (Fsp3) is 0.889. The van der Waals surface area contributed by atoms with Gasteiger partial charge in [-0.2, -0.15) is 0 Å². The van der Waals surface area contributed by atoms with E-state index in [1.807, 2.05) is 0 Å². The third-order valence-electron chi connectivity index (χ3n) is 1.56. The first kappa shape index (κ1) is 12.4. The Morgan fingerprint density at radius 2 is 2.23 bits per heavy atom. The average Bonchev–Trinajstić information content (AvgIpc) is 2.13. The number of aliphatic hydroxyl groups is 1. The Morgan fingerprint density at radius 3 is 2.85 bits per heavy atom. The van der Waals surface area contributed by atoms with Crippen LogP contribution in [-0.4, -0.2) is 37.4 Å². The molecule has 0 heterocycles. The van der Waals surface area contributed by atoms with Gasteiger partial charge >= 0.3 is 5.97 Å². The minimum Gasteiger partial charge on any atom is -0.466 e. The Morgan fingerprint density at radius 1 is 1.46 bits per heavy atom. The van der Waals surface area contributed by atoms with Gasteiger partial charge in [0, 0.05) is 13.1 Å². The second-order valence-electron chi connectivity index (χ2n) is 2.80. The van der Waals surface area contributed by atoms with E-state index in [2.05, 4.69) is 12.2 Å². The van der Waals surface area contributed by atoms with E-state index in [0.717, 1.165) is 12.8 Å². The lowest BCUT2D eigenvalue weighted by atomic mass is 10.3. The number of hydrogen-bond acceptors (Lipinski definition) is 4. The summed E-state index contributed by atoms with van der Waals surface area (Å²) in [6.45, 7) is 3.78. The molecule has 0 aromatic carbocycles. The van der Waals surface area contributed by atoms with E-state index in [0.29, 0.717) is 26.1 Å². The van der Waals surface area contributed by atoms with Crippen LogP contribution in [0.2, 0.25) is 0 Å². The molecule has 4 heteroatoms. The number of ether oxygens (including phenoxy) is 1. The molecule has 2 N–H and O–H groups in total. The molecule has 0 atom stereocenters. The van der Waals surface area contributed by atoms with Crippen molar-refractivity contribution in [1.29, 1.82) is 0 Å². The number of aliphatic hydroxyl groups excluding tert-OH is 1. The van der Waals surface area contributed by atoms with Crippen molar-refractivity contribution in [2.45, 2.75) is 26.2 Å². The molecule has 78 valence electrons. The first-order valence-electron chi connectivity index (χ1n) is 4.78. The summed E-state index contributed by atoms with van der Waals surface area (Å²) < 4.78 is 4.92. The SMILES string of the molecule is CCCCOC(=O)CCNCCO. The van der Waals surface area contributed by atoms with Crippen LogP contribution in [0.25, 0.3) is 0 Å². The van der Waals surface area contributed by atoms with Gasteiger partial charge < -0.3 is 15.2 Å². The number of carbonyl (C=O) groups excluding carboxylic acids is 1. The Labute approximate surface area is 79.3 Å². The van der Waals surface area contributed by atoms with Gasteiger partial charge in [-0.05, 0) is 6.42 Å². The molecule has 0 aromatic rings. The van der Waals surface area contributed by atoms with Crippen LogP contribution >= 0.6 is 0 Å². The fourth-order valence-electron chi connectivity index (χ4n) is 0.797. The summed E-state index contributed by atoms with van der Waals surface area (Å²) >= 11 is 0. The maximum atomic E-state index is 11.0. The number of rotatable bonds is 8. The lowest BCUT2D eigenvalue weighted by Gasteiger charge is -2.04. The van der Waals surface area contributed by atoms with Crippen LogP contribution in [0.4, 0.5) is 0 Å². The molecule has 0 saturated heterocycles. The monoisotopic (exact) mass is 189 g/mol. The normalized spacial score (nSPS) is 10.0. The Bertz CT molecular complexity index is 128. The van der Waals surface area contributed by atoms with Gasteiger partial charge in [-0.15, -0.1) is 0 Å². The molecular weight excluding hydrogens is 170 g/mol. The second kappa shape index (κ2) is 9.48. The number of hydrogen-bond donors (Lipinski definition) is 2.